The SMILES string of the molecule is CCn1cc(CC(=O)NC(C(=O)O)C2CCCOC2)c2ccccc21. The number of amides is 1. The number of hydrogen-bond donors (Lipinski definition) is 2. The van der Waals surface area contributed by atoms with E-state index in [1.807, 2.05) is 30.5 Å². The van der Waals surface area contributed by atoms with Crippen LogP contribution in [0.3, 0.4) is 0 Å². The lowest BCUT2D eigenvalue weighted by molar-refractivity contribution is -0.145. The van der Waals surface area contributed by atoms with E-state index >= 15 is 0 Å². The van der Waals surface area contributed by atoms with Crippen LogP contribution in [0.25, 0.3) is 10.9 Å². The fourth-order valence-electron chi connectivity index (χ4n) is 3.53. The quantitative estimate of drug-likeness (QED) is 0.842. The predicted octanol–water partition coefficient (Wildman–Crippen LogP) is 2.20. The molecule has 1 fully saturated rings. The van der Waals surface area contributed by atoms with Gasteiger partial charge in [-0.1, -0.05) is 18.2 Å². The maximum atomic E-state index is 12.5. The highest BCUT2D eigenvalue weighted by Gasteiger charge is 2.31. The van der Waals surface area contributed by atoms with Crippen molar-refractivity contribution < 1.29 is 19.4 Å². The lowest BCUT2D eigenvalue weighted by atomic mass is 9.93. The van der Waals surface area contributed by atoms with Crippen molar-refractivity contribution in [3.05, 3.63) is 36.0 Å². The highest BCUT2D eigenvalue weighted by molar-refractivity contribution is 5.91. The molecule has 6 nitrogen and oxygen atoms in total. The van der Waals surface area contributed by atoms with Crippen molar-refractivity contribution in [2.75, 3.05) is 13.2 Å². The van der Waals surface area contributed by atoms with E-state index in [0.717, 1.165) is 35.9 Å². The van der Waals surface area contributed by atoms with E-state index in [1.165, 1.54) is 0 Å². The maximum Gasteiger partial charge on any atom is 0.326 e. The largest absolute Gasteiger partial charge is 0.480 e. The van der Waals surface area contributed by atoms with Gasteiger partial charge in [-0.2, -0.15) is 0 Å². The zero-order valence-corrected chi connectivity index (χ0v) is 14.4. The van der Waals surface area contributed by atoms with Gasteiger partial charge in [-0.3, -0.25) is 4.79 Å². The van der Waals surface area contributed by atoms with Crippen LogP contribution in [-0.2, 0) is 27.3 Å². The molecule has 1 amide bonds. The third kappa shape index (κ3) is 3.85. The third-order valence-electron chi connectivity index (χ3n) is 4.81. The Kier molecular flexibility index (Phi) is 5.38. The van der Waals surface area contributed by atoms with Crippen LogP contribution in [0.1, 0.15) is 25.3 Å². The molecule has 0 bridgehead atoms. The Morgan fingerprint density at radius 3 is 2.88 bits per heavy atom. The average Bonchev–Trinajstić information content (AvgIpc) is 2.98. The van der Waals surface area contributed by atoms with Crippen molar-refractivity contribution in [1.82, 2.24) is 9.88 Å². The van der Waals surface area contributed by atoms with Crippen molar-refractivity contribution in [3.63, 3.8) is 0 Å². The molecule has 2 atom stereocenters. The minimum absolute atomic E-state index is 0.171. The fourth-order valence-corrected chi connectivity index (χ4v) is 3.53. The summed E-state index contributed by atoms with van der Waals surface area (Å²) in [6.07, 6.45) is 3.73. The van der Waals surface area contributed by atoms with Crippen LogP contribution in [0.15, 0.2) is 30.5 Å². The first-order chi connectivity index (χ1) is 12.1. The zero-order chi connectivity index (χ0) is 17.8. The smallest absolute Gasteiger partial charge is 0.326 e. The van der Waals surface area contributed by atoms with E-state index in [2.05, 4.69) is 16.8 Å². The number of carboxylic acid groups (broad SMARTS) is 1. The Morgan fingerprint density at radius 2 is 2.20 bits per heavy atom. The summed E-state index contributed by atoms with van der Waals surface area (Å²) in [5, 5.41) is 13.2. The van der Waals surface area contributed by atoms with Crippen LogP contribution in [0.4, 0.5) is 0 Å². The lowest BCUT2D eigenvalue weighted by Crippen LogP contribution is -2.48. The number of aliphatic carboxylic acids is 1. The minimum Gasteiger partial charge on any atom is -0.480 e. The summed E-state index contributed by atoms with van der Waals surface area (Å²) < 4.78 is 7.47. The number of carbonyl (C=O) groups excluding carboxylic acids is 1. The second-order valence-corrected chi connectivity index (χ2v) is 6.49. The van der Waals surface area contributed by atoms with Gasteiger partial charge in [-0.05, 0) is 31.4 Å². The number of rotatable bonds is 6. The van der Waals surface area contributed by atoms with E-state index in [-0.39, 0.29) is 18.2 Å². The monoisotopic (exact) mass is 344 g/mol. The van der Waals surface area contributed by atoms with Crippen LogP contribution in [-0.4, -0.2) is 40.8 Å². The van der Waals surface area contributed by atoms with Gasteiger partial charge < -0.3 is 19.7 Å². The van der Waals surface area contributed by atoms with Gasteiger partial charge in [-0.15, -0.1) is 0 Å². The van der Waals surface area contributed by atoms with Crippen LogP contribution in [0.2, 0.25) is 0 Å². The Morgan fingerprint density at radius 1 is 1.40 bits per heavy atom. The van der Waals surface area contributed by atoms with E-state index in [9.17, 15) is 14.7 Å². The number of fused-ring (bicyclic) bond motifs is 1. The molecule has 1 aliphatic heterocycles. The van der Waals surface area contributed by atoms with Gasteiger partial charge in [-0.25, -0.2) is 4.79 Å². The van der Waals surface area contributed by atoms with Crippen LogP contribution < -0.4 is 5.32 Å². The fraction of sp³-hybridized carbons (Fsp3) is 0.474. The van der Waals surface area contributed by atoms with Gasteiger partial charge in [0, 0.05) is 36.2 Å². The molecule has 1 saturated heterocycles. The molecular weight excluding hydrogens is 320 g/mol. The summed E-state index contributed by atoms with van der Waals surface area (Å²) in [6.45, 7) is 3.92. The van der Waals surface area contributed by atoms with Crippen LogP contribution >= 0.6 is 0 Å². The number of ether oxygens (including phenoxy) is 1. The van der Waals surface area contributed by atoms with Crippen LogP contribution in [0, 0.1) is 5.92 Å². The molecule has 2 N–H and O–H groups in total. The molecule has 3 rings (SSSR count). The Hall–Kier alpha value is -2.34. The first-order valence-corrected chi connectivity index (χ1v) is 8.76. The first kappa shape index (κ1) is 17.5. The summed E-state index contributed by atoms with van der Waals surface area (Å²) in [6, 6.07) is 7.05. The minimum atomic E-state index is -1.00. The Balaban J connectivity index is 1.74. The Bertz CT molecular complexity index is 762. The second-order valence-electron chi connectivity index (χ2n) is 6.49. The lowest BCUT2D eigenvalue weighted by Gasteiger charge is -2.28. The predicted molar refractivity (Wildman–Crippen MR) is 94.4 cm³/mol. The standard InChI is InChI=1S/C19H24N2O4/c1-2-21-11-14(15-7-3-4-8-16(15)21)10-17(22)20-18(19(23)24)13-6-5-9-25-12-13/h3-4,7-8,11,13,18H,2,5-6,9-10,12H2,1H3,(H,20,22)(H,23,24). The van der Waals surface area contributed by atoms with E-state index in [0.29, 0.717) is 13.2 Å². The van der Waals surface area contributed by atoms with Crippen LogP contribution in [0.5, 0.6) is 0 Å². The van der Waals surface area contributed by atoms with Crippen molar-refractivity contribution in [3.8, 4) is 0 Å². The topological polar surface area (TPSA) is 80.6 Å². The van der Waals surface area contributed by atoms with E-state index in [1.54, 1.807) is 0 Å². The maximum absolute atomic E-state index is 12.5. The first-order valence-electron chi connectivity index (χ1n) is 8.76. The van der Waals surface area contributed by atoms with Gasteiger partial charge in [0.05, 0.1) is 13.0 Å². The van der Waals surface area contributed by atoms with Gasteiger partial charge in [0.1, 0.15) is 6.04 Å². The Labute approximate surface area is 146 Å². The molecule has 0 aliphatic carbocycles. The molecule has 134 valence electrons. The van der Waals surface area contributed by atoms with Gasteiger partial charge in [0.2, 0.25) is 5.91 Å². The molecular formula is C19H24N2O4. The number of nitrogens with zero attached hydrogens (tertiary/aromatic N) is 1. The summed E-state index contributed by atoms with van der Waals surface area (Å²) >= 11 is 0. The number of para-hydroxylation sites is 1. The molecule has 0 spiro atoms. The zero-order valence-electron chi connectivity index (χ0n) is 14.4. The molecule has 1 aromatic heterocycles. The molecule has 2 unspecified atom stereocenters. The van der Waals surface area contributed by atoms with Crippen molar-refractivity contribution in [2.24, 2.45) is 5.92 Å². The number of aryl methyl sites for hydroxylation is 1. The van der Waals surface area contributed by atoms with Gasteiger partial charge in [0.25, 0.3) is 0 Å². The molecule has 0 saturated carbocycles. The molecule has 0 radical (unpaired) electrons. The average molecular weight is 344 g/mol. The normalized spacial score (nSPS) is 18.8. The second kappa shape index (κ2) is 7.70. The number of hydrogen-bond acceptors (Lipinski definition) is 3. The highest BCUT2D eigenvalue weighted by atomic mass is 16.5. The van der Waals surface area contributed by atoms with E-state index < -0.39 is 12.0 Å². The summed E-state index contributed by atoms with van der Waals surface area (Å²) in [4.78, 5) is 24.1. The molecule has 6 heteroatoms. The van der Waals surface area contributed by atoms with Gasteiger partial charge in [0.15, 0.2) is 0 Å². The van der Waals surface area contributed by atoms with Gasteiger partial charge >= 0.3 is 5.97 Å². The van der Waals surface area contributed by atoms with Crippen molar-refractivity contribution in [1.29, 1.82) is 0 Å². The molecule has 1 aliphatic rings. The number of carbonyl (C=O) groups is 2. The van der Waals surface area contributed by atoms with Crippen molar-refractivity contribution in [2.45, 2.75) is 38.8 Å². The number of aromatic nitrogens is 1. The molecule has 1 aromatic carbocycles. The highest BCUT2D eigenvalue weighted by Crippen LogP contribution is 2.22. The summed E-state index contributed by atoms with van der Waals surface area (Å²) in [5.74, 6) is -1.44. The molecule has 25 heavy (non-hydrogen) atoms. The number of carboxylic acids is 1. The molecule has 2 heterocycles. The number of nitrogens with one attached hydrogen (secondary N) is 1. The molecule has 2 aromatic rings. The summed E-state index contributed by atoms with van der Waals surface area (Å²) in [7, 11) is 0. The third-order valence-corrected chi connectivity index (χ3v) is 4.81. The van der Waals surface area contributed by atoms with E-state index in [4.69, 9.17) is 4.74 Å². The summed E-state index contributed by atoms with van der Waals surface area (Å²) in [5.41, 5.74) is 2.00. The van der Waals surface area contributed by atoms with Crippen molar-refractivity contribution >= 4 is 22.8 Å². The number of benzene rings is 1.